The molecule has 0 aliphatic carbocycles. The summed E-state index contributed by atoms with van der Waals surface area (Å²) in [5, 5.41) is 0. The van der Waals surface area contributed by atoms with Gasteiger partial charge in [0.2, 0.25) is 10.0 Å². The van der Waals surface area contributed by atoms with Crippen LogP contribution in [0.1, 0.15) is 12.5 Å². The minimum Gasteiger partial charge on any atom is -0.484 e. The van der Waals surface area contributed by atoms with Crippen LogP contribution in [0, 0.1) is 0 Å². The number of amides is 1. The van der Waals surface area contributed by atoms with E-state index < -0.39 is 10.0 Å². The molecule has 6 nitrogen and oxygen atoms in total. The maximum Gasteiger partial charge on any atom is 0.260 e. The molecule has 7 heteroatoms. The average Bonchev–Trinajstić information content (AvgIpc) is 2.73. The highest BCUT2D eigenvalue weighted by Gasteiger charge is 2.30. The Kier molecular flexibility index (Phi) is 6.13. The van der Waals surface area contributed by atoms with Gasteiger partial charge >= 0.3 is 0 Å². The highest BCUT2D eigenvalue weighted by atomic mass is 32.2. The lowest BCUT2D eigenvalue weighted by molar-refractivity contribution is -0.134. The second-order valence-corrected chi connectivity index (χ2v) is 8.32. The molecule has 0 radical (unpaired) electrons. The molecule has 0 saturated carbocycles. The Hall–Kier alpha value is -2.38. The molecule has 1 fully saturated rings. The Morgan fingerprint density at radius 2 is 1.59 bits per heavy atom. The van der Waals surface area contributed by atoms with Gasteiger partial charge in [-0.2, -0.15) is 4.31 Å². The molecule has 1 heterocycles. The fraction of sp³-hybridized carbons (Fsp3) is 0.350. The largest absolute Gasteiger partial charge is 0.484 e. The summed E-state index contributed by atoms with van der Waals surface area (Å²) in [6, 6.07) is 16.1. The smallest absolute Gasteiger partial charge is 0.260 e. The summed E-state index contributed by atoms with van der Waals surface area (Å²) in [5.41, 5.74) is 1.10. The Morgan fingerprint density at radius 1 is 0.963 bits per heavy atom. The van der Waals surface area contributed by atoms with Crippen molar-refractivity contribution in [3.8, 4) is 5.75 Å². The van der Waals surface area contributed by atoms with Crippen LogP contribution in [0.5, 0.6) is 5.75 Å². The van der Waals surface area contributed by atoms with Crippen molar-refractivity contribution in [1.29, 1.82) is 0 Å². The van der Waals surface area contributed by atoms with Crippen molar-refractivity contribution in [1.82, 2.24) is 9.21 Å². The van der Waals surface area contributed by atoms with Gasteiger partial charge in [-0.25, -0.2) is 8.42 Å². The van der Waals surface area contributed by atoms with Crippen LogP contribution in [0.2, 0.25) is 0 Å². The summed E-state index contributed by atoms with van der Waals surface area (Å²) in [6.07, 6.45) is 0.867. The van der Waals surface area contributed by atoms with Crippen LogP contribution >= 0.6 is 0 Å². The predicted molar refractivity (Wildman–Crippen MR) is 103 cm³/mol. The highest BCUT2D eigenvalue weighted by Crippen LogP contribution is 2.19. The van der Waals surface area contributed by atoms with Gasteiger partial charge in [0, 0.05) is 26.2 Å². The quantitative estimate of drug-likeness (QED) is 0.761. The standard InChI is InChI=1S/C20H24N2O4S/c1-2-17-8-10-19(11-9-17)27(24,25)22-14-12-21(13-15-22)20(23)16-26-18-6-4-3-5-7-18/h3-11H,2,12-16H2,1H3. The molecule has 0 unspecified atom stereocenters. The number of hydrogen-bond acceptors (Lipinski definition) is 4. The first-order chi connectivity index (χ1) is 13.0. The number of para-hydroxylation sites is 1. The molecule has 144 valence electrons. The zero-order chi connectivity index (χ0) is 19.3. The van der Waals surface area contributed by atoms with Gasteiger partial charge in [0.25, 0.3) is 5.91 Å². The number of carbonyl (C=O) groups is 1. The Labute approximate surface area is 160 Å². The SMILES string of the molecule is CCc1ccc(S(=O)(=O)N2CCN(C(=O)COc3ccccc3)CC2)cc1. The van der Waals surface area contributed by atoms with Crippen LogP contribution in [0.4, 0.5) is 0 Å². The van der Waals surface area contributed by atoms with E-state index in [4.69, 9.17) is 4.74 Å². The van der Waals surface area contributed by atoms with E-state index in [1.807, 2.05) is 37.3 Å². The van der Waals surface area contributed by atoms with Crippen molar-refractivity contribution in [2.45, 2.75) is 18.2 Å². The van der Waals surface area contributed by atoms with Gasteiger partial charge in [-0.15, -0.1) is 0 Å². The number of carbonyl (C=O) groups excluding carboxylic acids is 1. The second-order valence-electron chi connectivity index (χ2n) is 6.38. The first-order valence-corrected chi connectivity index (χ1v) is 10.5. The van der Waals surface area contributed by atoms with Crippen LogP contribution in [0.15, 0.2) is 59.5 Å². The van der Waals surface area contributed by atoms with Crippen molar-refractivity contribution in [3.63, 3.8) is 0 Å². The Bertz CT molecular complexity index is 859. The maximum atomic E-state index is 12.8. The lowest BCUT2D eigenvalue weighted by Crippen LogP contribution is -2.51. The summed E-state index contributed by atoms with van der Waals surface area (Å²) in [5.74, 6) is 0.505. The normalized spacial score (nSPS) is 15.5. The van der Waals surface area contributed by atoms with E-state index in [1.165, 1.54) is 4.31 Å². The summed E-state index contributed by atoms with van der Waals surface area (Å²) < 4.78 is 32.5. The van der Waals surface area contributed by atoms with E-state index in [2.05, 4.69) is 0 Å². The first-order valence-electron chi connectivity index (χ1n) is 9.05. The third-order valence-electron chi connectivity index (χ3n) is 4.67. The van der Waals surface area contributed by atoms with Gasteiger partial charge < -0.3 is 9.64 Å². The van der Waals surface area contributed by atoms with Gasteiger partial charge in [0.15, 0.2) is 6.61 Å². The molecule has 2 aromatic carbocycles. The lowest BCUT2D eigenvalue weighted by atomic mass is 10.2. The number of hydrogen-bond donors (Lipinski definition) is 0. The van der Waals surface area contributed by atoms with Crippen LogP contribution in [-0.4, -0.2) is 56.3 Å². The van der Waals surface area contributed by atoms with Crippen LogP contribution in [0.3, 0.4) is 0 Å². The molecule has 27 heavy (non-hydrogen) atoms. The fourth-order valence-corrected chi connectivity index (χ4v) is 4.40. The number of ether oxygens (including phenoxy) is 1. The number of rotatable bonds is 6. The van der Waals surface area contributed by atoms with E-state index in [1.54, 1.807) is 29.2 Å². The van der Waals surface area contributed by atoms with Crippen molar-refractivity contribution in [2.75, 3.05) is 32.8 Å². The molecule has 0 atom stereocenters. The Morgan fingerprint density at radius 3 is 2.19 bits per heavy atom. The first kappa shape index (κ1) is 19.4. The van der Waals surface area contributed by atoms with Crippen molar-refractivity contribution in [3.05, 3.63) is 60.2 Å². The molecule has 1 saturated heterocycles. The van der Waals surface area contributed by atoms with Crippen LogP contribution < -0.4 is 4.74 Å². The summed E-state index contributed by atoms with van der Waals surface area (Å²) in [6.45, 7) is 3.28. The van der Waals surface area contributed by atoms with Crippen LogP contribution in [-0.2, 0) is 21.2 Å². The molecule has 3 rings (SSSR count). The highest BCUT2D eigenvalue weighted by molar-refractivity contribution is 7.89. The molecule has 0 bridgehead atoms. The molecular weight excluding hydrogens is 364 g/mol. The third kappa shape index (κ3) is 4.67. The topological polar surface area (TPSA) is 66.9 Å². The molecule has 0 aromatic heterocycles. The van der Waals surface area contributed by atoms with Gasteiger partial charge in [-0.3, -0.25) is 4.79 Å². The number of benzene rings is 2. The lowest BCUT2D eigenvalue weighted by Gasteiger charge is -2.34. The molecule has 1 aliphatic heterocycles. The minimum absolute atomic E-state index is 0.0464. The van der Waals surface area contributed by atoms with E-state index in [9.17, 15) is 13.2 Å². The fourth-order valence-electron chi connectivity index (χ4n) is 2.98. The maximum absolute atomic E-state index is 12.8. The van der Waals surface area contributed by atoms with Crippen molar-refractivity contribution >= 4 is 15.9 Å². The zero-order valence-electron chi connectivity index (χ0n) is 15.4. The number of piperazine rings is 1. The summed E-state index contributed by atoms with van der Waals surface area (Å²) in [7, 11) is -3.53. The predicted octanol–water partition coefficient (Wildman–Crippen LogP) is 2.16. The van der Waals surface area contributed by atoms with Gasteiger partial charge in [-0.05, 0) is 36.2 Å². The van der Waals surface area contributed by atoms with Crippen LogP contribution in [0.25, 0.3) is 0 Å². The number of aryl methyl sites for hydroxylation is 1. The number of sulfonamides is 1. The minimum atomic E-state index is -3.53. The van der Waals surface area contributed by atoms with E-state index in [0.29, 0.717) is 23.7 Å². The molecule has 1 aliphatic rings. The second kappa shape index (κ2) is 8.54. The van der Waals surface area contributed by atoms with Gasteiger partial charge in [0.05, 0.1) is 4.90 Å². The van der Waals surface area contributed by atoms with E-state index >= 15 is 0 Å². The summed E-state index contributed by atoms with van der Waals surface area (Å²) >= 11 is 0. The molecule has 2 aromatic rings. The Balaban J connectivity index is 1.55. The monoisotopic (exact) mass is 388 g/mol. The summed E-state index contributed by atoms with van der Waals surface area (Å²) in [4.78, 5) is 14.2. The van der Waals surface area contributed by atoms with Crippen molar-refractivity contribution < 1.29 is 17.9 Å². The zero-order valence-corrected chi connectivity index (χ0v) is 16.2. The van der Waals surface area contributed by atoms with Crippen molar-refractivity contribution in [2.24, 2.45) is 0 Å². The van der Waals surface area contributed by atoms with E-state index in [-0.39, 0.29) is 25.6 Å². The average molecular weight is 388 g/mol. The molecule has 0 N–H and O–H groups in total. The van der Waals surface area contributed by atoms with Gasteiger partial charge in [0.1, 0.15) is 5.75 Å². The third-order valence-corrected chi connectivity index (χ3v) is 6.58. The van der Waals surface area contributed by atoms with E-state index in [0.717, 1.165) is 12.0 Å². The van der Waals surface area contributed by atoms with Gasteiger partial charge in [-0.1, -0.05) is 37.3 Å². The molecule has 0 spiro atoms. The molecular formula is C20H24N2O4S. The number of nitrogens with zero attached hydrogens (tertiary/aromatic N) is 2. The molecule has 1 amide bonds.